The van der Waals surface area contributed by atoms with Gasteiger partial charge in [-0.3, -0.25) is 0 Å². The lowest BCUT2D eigenvalue weighted by Crippen LogP contribution is -2.09. The number of carbonyl (C=O) groups excluding carboxylic acids is 2. The second kappa shape index (κ2) is 20.6. The van der Waals surface area contributed by atoms with Crippen molar-refractivity contribution in [2.24, 2.45) is 0 Å². The molecule has 8 aromatic rings. The van der Waals surface area contributed by atoms with Gasteiger partial charge in [0.15, 0.2) is 0 Å². The number of ether oxygens (including phenoxy) is 6. The zero-order valence-electron chi connectivity index (χ0n) is 38.9. The first-order valence-electron chi connectivity index (χ1n) is 22.5. The largest absolute Gasteiger partial charge is 0.507 e. The first kappa shape index (κ1) is 47.7. The van der Waals surface area contributed by atoms with Crippen molar-refractivity contribution in [3.8, 4) is 68.2 Å². The van der Waals surface area contributed by atoms with Gasteiger partial charge in [0.25, 0.3) is 0 Å². The van der Waals surface area contributed by atoms with Crippen molar-refractivity contribution in [2.45, 2.75) is 33.6 Å². The number of phenols is 2. The van der Waals surface area contributed by atoms with E-state index in [4.69, 9.17) is 33.5 Å². The van der Waals surface area contributed by atoms with Gasteiger partial charge in [-0.05, 0) is 42.3 Å². The summed E-state index contributed by atoms with van der Waals surface area (Å²) in [5.41, 5.74) is 4.13. The Morgan fingerprint density at radius 2 is 0.686 bits per heavy atom. The summed E-state index contributed by atoms with van der Waals surface area (Å²) in [5, 5.41) is 35.3. The highest BCUT2D eigenvalue weighted by Crippen LogP contribution is 2.52. The molecule has 354 valence electrons. The minimum atomic E-state index is -0.935. The zero-order valence-corrected chi connectivity index (χ0v) is 38.9. The van der Waals surface area contributed by atoms with Crippen LogP contribution in [-0.4, -0.2) is 59.7 Å². The summed E-state index contributed by atoms with van der Waals surface area (Å²) in [5.74, 6) is 1.57. The average Bonchev–Trinajstić information content (AvgIpc) is 3.50. The van der Waals surface area contributed by atoms with Crippen molar-refractivity contribution in [2.75, 3.05) is 26.4 Å². The predicted molar refractivity (Wildman–Crippen MR) is 272 cm³/mol. The molecule has 0 bridgehead atoms. The Hall–Kier alpha value is -8.77. The molecule has 0 fully saturated rings. The lowest BCUT2D eigenvalue weighted by atomic mass is 9.91. The Bertz CT molecular complexity index is 3200. The van der Waals surface area contributed by atoms with Gasteiger partial charge in [0.2, 0.25) is 0 Å². The summed E-state index contributed by atoms with van der Waals surface area (Å²) in [7, 11) is 0. The molecule has 2 aliphatic rings. The quantitative estimate of drug-likeness (QED) is 0.0850. The van der Waals surface area contributed by atoms with Gasteiger partial charge in [0.05, 0.1) is 26.4 Å². The van der Waals surface area contributed by atoms with Gasteiger partial charge in [-0.25, -0.2) is 14.4 Å². The van der Waals surface area contributed by atoms with E-state index < -0.39 is 17.9 Å². The maximum absolute atomic E-state index is 12.4. The first-order valence-corrected chi connectivity index (χ1v) is 22.5. The van der Waals surface area contributed by atoms with Crippen LogP contribution in [0.25, 0.3) is 65.3 Å². The number of rotatable bonds is 5. The molecule has 70 heavy (non-hydrogen) atoms. The highest BCUT2D eigenvalue weighted by molar-refractivity contribution is 6.14. The summed E-state index contributed by atoms with van der Waals surface area (Å²) >= 11 is 0. The fourth-order valence-corrected chi connectivity index (χ4v) is 8.17. The molecule has 0 radical (unpaired) electrons. The standard InChI is InChI=1S/C31H26O6.C23H18O4.C4H6O2/c1-18(2)30(32)36-24-16-26-28(22-12-7-5-10-20(22)24)29-23-13-8-6-11-21(23)25(37-31(33)19(3)4)17-27(29)35-15-9-14-34-26;24-18-12-20-22(16-8-3-1-6-14(16)18)23-17-9-4-2-7-15(17)19(25)13-21(23)27-11-5-10-26-20;1-3(2)4(5)6/h5-8,10-13,16-17H,1,3,9,14-15H2,2,4H3;1-4,6-9,12-13,24-25H,5,10-11H2;1H2,2H3,(H,5,6). The molecule has 2 aliphatic heterocycles. The number of benzene rings is 8. The van der Waals surface area contributed by atoms with E-state index >= 15 is 0 Å². The number of carbonyl (C=O) groups is 3. The molecule has 0 atom stereocenters. The topological polar surface area (TPSA) is 167 Å². The van der Waals surface area contributed by atoms with Crippen LogP contribution in [0.4, 0.5) is 0 Å². The van der Waals surface area contributed by atoms with E-state index in [2.05, 4.69) is 19.7 Å². The van der Waals surface area contributed by atoms with E-state index in [1.54, 1.807) is 38.1 Å². The molecule has 0 spiro atoms. The van der Waals surface area contributed by atoms with Crippen LogP contribution in [0, 0.1) is 0 Å². The Balaban J connectivity index is 0.000000175. The van der Waals surface area contributed by atoms with Crippen LogP contribution < -0.4 is 28.4 Å². The molecule has 0 saturated heterocycles. The lowest BCUT2D eigenvalue weighted by molar-refractivity contribution is -0.133. The van der Waals surface area contributed by atoms with E-state index in [1.807, 2.05) is 97.1 Å². The fraction of sp³-hybridized carbons (Fsp3) is 0.155. The Kier molecular flexibility index (Phi) is 14.1. The first-order chi connectivity index (χ1) is 33.7. The minimum absolute atomic E-state index is 0.176. The normalized spacial score (nSPS) is 12.6. The number of carboxylic acid groups (broad SMARTS) is 1. The van der Waals surface area contributed by atoms with E-state index in [0.717, 1.165) is 65.3 Å². The molecule has 0 aromatic heterocycles. The van der Waals surface area contributed by atoms with Gasteiger partial charge >= 0.3 is 17.9 Å². The van der Waals surface area contributed by atoms with Crippen molar-refractivity contribution in [1.82, 2.24) is 0 Å². The second-order valence-corrected chi connectivity index (χ2v) is 16.7. The third-order valence-electron chi connectivity index (χ3n) is 11.5. The Morgan fingerprint density at radius 1 is 0.429 bits per heavy atom. The third-order valence-corrected chi connectivity index (χ3v) is 11.5. The lowest BCUT2D eigenvalue weighted by Gasteiger charge is -2.20. The number of hydrogen-bond donors (Lipinski definition) is 3. The molecule has 10 rings (SSSR count). The van der Waals surface area contributed by atoms with Crippen LogP contribution in [0.3, 0.4) is 0 Å². The summed E-state index contributed by atoms with van der Waals surface area (Å²) in [4.78, 5) is 34.4. The van der Waals surface area contributed by atoms with Crippen molar-refractivity contribution in [3.05, 3.63) is 158 Å². The highest BCUT2D eigenvalue weighted by Gasteiger charge is 2.27. The molecular weight excluding hydrogens is 889 g/mol. The number of fused-ring (bicyclic) bond motifs is 14. The van der Waals surface area contributed by atoms with Crippen molar-refractivity contribution < 1.29 is 58.1 Å². The van der Waals surface area contributed by atoms with Crippen LogP contribution in [0.15, 0.2) is 158 Å². The number of phenolic OH excluding ortho intramolecular Hbond substituents is 2. The predicted octanol–water partition coefficient (Wildman–Crippen LogP) is 12.7. The number of esters is 2. The molecule has 0 unspecified atom stereocenters. The van der Waals surface area contributed by atoms with Gasteiger partial charge in [-0.15, -0.1) is 0 Å². The average molecular weight is 939 g/mol. The Morgan fingerprint density at radius 3 is 0.971 bits per heavy atom. The van der Waals surface area contributed by atoms with Crippen LogP contribution in [-0.2, 0) is 14.4 Å². The van der Waals surface area contributed by atoms with Gasteiger partial charge < -0.3 is 43.7 Å². The smallest absolute Gasteiger partial charge is 0.338 e. The monoisotopic (exact) mass is 938 g/mol. The maximum Gasteiger partial charge on any atom is 0.338 e. The Labute approximate surface area is 403 Å². The third kappa shape index (κ3) is 9.79. The van der Waals surface area contributed by atoms with Crippen LogP contribution in [0.2, 0.25) is 0 Å². The van der Waals surface area contributed by atoms with Crippen molar-refractivity contribution >= 4 is 61.0 Å². The van der Waals surface area contributed by atoms with Crippen LogP contribution in [0.5, 0.6) is 46.0 Å². The number of carboxylic acids is 1. The fourth-order valence-electron chi connectivity index (χ4n) is 8.17. The summed E-state index contributed by atoms with van der Waals surface area (Å²) in [6, 6.07) is 37.6. The molecule has 0 aliphatic carbocycles. The number of hydrogen-bond acceptors (Lipinski definition) is 11. The number of aromatic hydroxyl groups is 2. The molecule has 0 saturated carbocycles. The van der Waals surface area contributed by atoms with Crippen molar-refractivity contribution in [1.29, 1.82) is 0 Å². The van der Waals surface area contributed by atoms with E-state index in [1.165, 1.54) is 6.92 Å². The van der Waals surface area contributed by atoms with E-state index in [0.29, 0.717) is 84.9 Å². The van der Waals surface area contributed by atoms with Gasteiger partial charge in [0.1, 0.15) is 46.0 Å². The molecule has 8 aromatic carbocycles. The van der Waals surface area contributed by atoms with Gasteiger partial charge in [0, 0.05) is 97.6 Å². The SMILES string of the molecule is C=C(C)C(=O)O.C=C(C)C(=O)Oc1cc2c(c3ccccc13)-c1c(cc(OC(=O)C(=C)C)c3ccccc13)OCCCO2.Oc1cc2c(c3ccccc13)-c1c(cc(O)c3ccccc13)OCCCO2. The second-order valence-electron chi connectivity index (χ2n) is 16.7. The summed E-state index contributed by atoms with van der Waals surface area (Å²) in [6.07, 6.45) is 1.33. The maximum atomic E-state index is 12.4. The summed E-state index contributed by atoms with van der Waals surface area (Å²) in [6.45, 7) is 17.0. The van der Waals surface area contributed by atoms with Gasteiger partial charge in [-0.2, -0.15) is 0 Å². The van der Waals surface area contributed by atoms with Crippen LogP contribution in [0.1, 0.15) is 33.6 Å². The highest BCUT2D eigenvalue weighted by atomic mass is 16.5. The molecule has 12 heteroatoms. The molecule has 12 nitrogen and oxygen atoms in total. The molecular formula is C58H50O12. The number of aliphatic carboxylic acids is 1. The molecule has 3 N–H and O–H groups in total. The van der Waals surface area contributed by atoms with E-state index in [-0.39, 0.29) is 17.1 Å². The van der Waals surface area contributed by atoms with Crippen molar-refractivity contribution in [3.63, 3.8) is 0 Å². The molecule has 2 heterocycles. The van der Waals surface area contributed by atoms with Gasteiger partial charge in [-0.1, -0.05) is 117 Å². The minimum Gasteiger partial charge on any atom is -0.507 e. The molecule has 0 amide bonds. The van der Waals surface area contributed by atoms with E-state index in [9.17, 15) is 24.6 Å². The zero-order chi connectivity index (χ0) is 49.6. The summed E-state index contributed by atoms with van der Waals surface area (Å²) < 4.78 is 36.0. The van der Waals surface area contributed by atoms with Crippen LogP contribution >= 0.6 is 0 Å².